The van der Waals surface area contributed by atoms with E-state index in [1.165, 1.54) is 7.11 Å². The van der Waals surface area contributed by atoms with Crippen molar-refractivity contribution in [3.05, 3.63) is 11.6 Å². The van der Waals surface area contributed by atoms with Crippen LogP contribution in [0.5, 0.6) is 0 Å². The molecule has 0 aromatic rings. The van der Waals surface area contributed by atoms with Gasteiger partial charge in [-0.3, -0.25) is 9.59 Å². The first kappa shape index (κ1) is 41.1. The summed E-state index contributed by atoms with van der Waals surface area (Å²) < 4.78 is 17.1. The molecular formula is C43H71NO9. The van der Waals surface area contributed by atoms with Gasteiger partial charge in [0.05, 0.1) is 25.2 Å². The van der Waals surface area contributed by atoms with Crippen molar-refractivity contribution in [3.63, 3.8) is 0 Å². The minimum atomic E-state index is -1.46. The summed E-state index contributed by atoms with van der Waals surface area (Å²) >= 11 is 0. The van der Waals surface area contributed by atoms with E-state index >= 15 is 0 Å². The van der Waals surface area contributed by atoms with Crippen LogP contribution in [0.15, 0.2) is 11.6 Å². The SMILES string of the molecule is COC(=O)CCCCCNC(=O)[C@]12CCC(C)(C)C[C@H]1C1=CC[C@@H]3[C@@]4(C)CC[C@H](O[C@@H]5O[C@H](CO)[C@@H](O)[C@H](O)[C@H]5O)C(C)(C)[C@@H]4CC[C@@]3(C)[C@]1(C)CC2. The van der Waals surface area contributed by atoms with E-state index in [0.29, 0.717) is 24.8 Å². The van der Waals surface area contributed by atoms with E-state index in [4.69, 9.17) is 14.2 Å². The van der Waals surface area contributed by atoms with Gasteiger partial charge in [0, 0.05) is 13.0 Å². The van der Waals surface area contributed by atoms with Crippen molar-refractivity contribution in [1.82, 2.24) is 5.32 Å². The highest BCUT2D eigenvalue weighted by Crippen LogP contribution is 2.76. The van der Waals surface area contributed by atoms with Gasteiger partial charge in [0.1, 0.15) is 24.4 Å². The van der Waals surface area contributed by atoms with Crippen LogP contribution in [0.1, 0.15) is 138 Å². The zero-order valence-corrected chi connectivity index (χ0v) is 33.9. The Morgan fingerprint density at radius 2 is 1.58 bits per heavy atom. The zero-order chi connectivity index (χ0) is 38.8. The van der Waals surface area contributed by atoms with Gasteiger partial charge in [0.15, 0.2) is 6.29 Å². The summed E-state index contributed by atoms with van der Waals surface area (Å²) in [6.45, 7) is 17.1. The van der Waals surface area contributed by atoms with Crippen LogP contribution in [0.4, 0.5) is 0 Å². The molecule has 302 valence electrons. The zero-order valence-electron chi connectivity index (χ0n) is 33.9. The molecule has 13 atom stereocenters. The fourth-order valence-electron chi connectivity index (χ4n) is 13.3. The number of methoxy groups -OCH3 is 1. The average Bonchev–Trinajstić information content (AvgIpc) is 3.10. The van der Waals surface area contributed by atoms with E-state index in [1.54, 1.807) is 5.57 Å². The summed E-state index contributed by atoms with van der Waals surface area (Å²) in [6.07, 6.45) is 8.83. The molecule has 0 radical (unpaired) electrons. The van der Waals surface area contributed by atoms with E-state index in [0.717, 1.165) is 83.5 Å². The summed E-state index contributed by atoms with van der Waals surface area (Å²) in [5.41, 5.74) is 1.23. The second-order valence-electron chi connectivity index (χ2n) is 20.2. The van der Waals surface area contributed by atoms with Crippen molar-refractivity contribution in [1.29, 1.82) is 0 Å². The maximum atomic E-state index is 14.4. The number of hydrogen-bond donors (Lipinski definition) is 5. The summed E-state index contributed by atoms with van der Waals surface area (Å²) in [4.78, 5) is 25.9. The number of aliphatic hydroxyl groups is 4. The quantitative estimate of drug-likeness (QED) is 0.0806. The molecule has 5 fully saturated rings. The number of allylic oxidation sites excluding steroid dienone is 2. The number of nitrogens with one attached hydrogen (secondary N) is 1. The van der Waals surface area contributed by atoms with Crippen molar-refractivity contribution >= 4 is 11.9 Å². The Morgan fingerprint density at radius 3 is 2.28 bits per heavy atom. The molecule has 10 heteroatoms. The molecule has 1 amide bonds. The lowest BCUT2D eigenvalue weighted by Crippen LogP contribution is -2.66. The Kier molecular flexibility index (Phi) is 11.4. The average molecular weight is 746 g/mol. The maximum absolute atomic E-state index is 14.4. The Hall–Kier alpha value is -1.56. The fraction of sp³-hybridized carbons (Fsp3) is 0.907. The first-order valence-corrected chi connectivity index (χ1v) is 20.8. The molecule has 0 unspecified atom stereocenters. The van der Waals surface area contributed by atoms with E-state index in [2.05, 4.69) is 59.9 Å². The van der Waals surface area contributed by atoms with Crippen molar-refractivity contribution in [2.75, 3.05) is 20.3 Å². The van der Waals surface area contributed by atoms with Crippen LogP contribution in [0.25, 0.3) is 0 Å². The van der Waals surface area contributed by atoms with E-state index in [-0.39, 0.29) is 56.4 Å². The highest BCUT2D eigenvalue weighted by molar-refractivity contribution is 5.84. The topological polar surface area (TPSA) is 155 Å². The normalized spacial score (nSPS) is 45.7. The number of esters is 1. The third-order valence-corrected chi connectivity index (χ3v) is 16.7. The van der Waals surface area contributed by atoms with E-state index < -0.39 is 37.3 Å². The highest BCUT2D eigenvalue weighted by atomic mass is 16.7. The number of aliphatic hydroxyl groups excluding tert-OH is 4. The summed E-state index contributed by atoms with van der Waals surface area (Å²) in [5, 5.41) is 44.7. The van der Waals surface area contributed by atoms with Gasteiger partial charge in [-0.15, -0.1) is 0 Å². The molecule has 0 spiro atoms. The number of carbonyl (C=O) groups excluding carboxylic acids is 2. The lowest BCUT2D eigenvalue weighted by atomic mass is 9.33. The Labute approximate surface area is 318 Å². The molecule has 5 N–H and O–H groups in total. The Balaban J connectivity index is 1.21. The monoisotopic (exact) mass is 746 g/mol. The third kappa shape index (κ3) is 6.75. The van der Waals surface area contributed by atoms with Gasteiger partial charge >= 0.3 is 5.97 Å². The fourth-order valence-corrected chi connectivity index (χ4v) is 13.3. The van der Waals surface area contributed by atoms with Gasteiger partial charge in [-0.05, 0) is 122 Å². The number of carbonyl (C=O) groups is 2. The predicted molar refractivity (Wildman–Crippen MR) is 201 cm³/mol. The number of hydrogen-bond acceptors (Lipinski definition) is 9. The second kappa shape index (κ2) is 14.7. The number of rotatable bonds is 10. The lowest BCUT2D eigenvalue weighted by molar-refractivity contribution is -0.330. The molecule has 5 aliphatic carbocycles. The molecular weight excluding hydrogens is 674 g/mol. The standard InChI is InChI=1S/C43H71NO9/c1-38(2)19-21-43(37(50)44-23-11-9-10-12-32(46)51-8)22-20-41(6)26(27(43)24-38)13-14-30-40(5)17-16-31(39(3,4)29(40)15-18-42(30,41)7)53-36-35(49)34(48)33(47)28(25-45)52-36/h13,27-31,33-36,45,47-49H,9-12,14-25H2,1-8H3,(H,44,50)/t27-,28+,29-,30+,31-,33+,34-,35+,36-,40-,41+,42+,43-/m0/s1. The first-order chi connectivity index (χ1) is 24.8. The molecule has 6 rings (SSSR count). The molecule has 6 aliphatic rings. The van der Waals surface area contributed by atoms with Crippen molar-refractivity contribution in [3.8, 4) is 0 Å². The predicted octanol–water partition coefficient (Wildman–Crippen LogP) is 5.82. The van der Waals surface area contributed by atoms with Gasteiger partial charge in [-0.1, -0.05) is 66.5 Å². The Bertz CT molecular complexity index is 1400. The Morgan fingerprint density at radius 1 is 0.868 bits per heavy atom. The number of fused-ring (bicyclic) bond motifs is 7. The molecule has 53 heavy (non-hydrogen) atoms. The number of unbranched alkanes of at least 4 members (excludes halogenated alkanes) is 2. The highest BCUT2D eigenvalue weighted by Gasteiger charge is 2.69. The van der Waals surface area contributed by atoms with Gasteiger partial charge in [-0.2, -0.15) is 0 Å². The summed E-state index contributed by atoms with van der Waals surface area (Å²) in [6, 6.07) is 0. The molecule has 0 bridgehead atoms. The molecule has 1 aliphatic heterocycles. The van der Waals surface area contributed by atoms with Gasteiger partial charge < -0.3 is 40.0 Å². The van der Waals surface area contributed by atoms with Gasteiger partial charge in [0.25, 0.3) is 0 Å². The number of ether oxygens (including phenoxy) is 3. The van der Waals surface area contributed by atoms with Crippen LogP contribution in [-0.2, 0) is 23.8 Å². The van der Waals surface area contributed by atoms with Crippen LogP contribution in [0.2, 0.25) is 0 Å². The molecule has 1 heterocycles. The van der Waals surface area contributed by atoms with Crippen LogP contribution < -0.4 is 5.32 Å². The summed E-state index contributed by atoms with van der Waals surface area (Å²) in [5.74, 6) is 1.12. The van der Waals surface area contributed by atoms with Crippen LogP contribution >= 0.6 is 0 Å². The van der Waals surface area contributed by atoms with E-state index in [1.807, 2.05) is 0 Å². The van der Waals surface area contributed by atoms with Crippen molar-refractivity contribution in [2.45, 2.75) is 175 Å². The smallest absolute Gasteiger partial charge is 0.305 e. The largest absolute Gasteiger partial charge is 0.469 e. The van der Waals surface area contributed by atoms with Gasteiger partial charge in [0.2, 0.25) is 5.91 Å². The number of amides is 1. The van der Waals surface area contributed by atoms with Crippen LogP contribution in [-0.4, -0.2) is 89.4 Å². The van der Waals surface area contributed by atoms with Crippen molar-refractivity contribution < 1.29 is 44.2 Å². The molecule has 0 aromatic heterocycles. The van der Waals surface area contributed by atoms with E-state index in [9.17, 15) is 30.0 Å². The summed E-state index contributed by atoms with van der Waals surface area (Å²) in [7, 11) is 1.42. The molecule has 10 nitrogen and oxygen atoms in total. The van der Waals surface area contributed by atoms with Gasteiger partial charge in [-0.25, -0.2) is 0 Å². The lowest BCUT2D eigenvalue weighted by Gasteiger charge is -2.71. The first-order valence-electron chi connectivity index (χ1n) is 20.8. The second-order valence-corrected chi connectivity index (χ2v) is 20.2. The molecule has 0 aromatic carbocycles. The minimum Gasteiger partial charge on any atom is -0.469 e. The third-order valence-electron chi connectivity index (χ3n) is 16.7. The molecule has 1 saturated heterocycles. The molecule has 4 saturated carbocycles. The van der Waals surface area contributed by atoms with Crippen molar-refractivity contribution in [2.24, 2.45) is 50.2 Å². The van der Waals surface area contributed by atoms with Crippen LogP contribution in [0.3, 0.4) is 0 Å². The minimum absolute atomic E-state index is 0.00648. The maximum Gasteiger partial charge on any atom is 0.305 e. The van der Waals surface area contributed by atoms with Crippen LogP contribution in [0, 0.1) is 50.2 Å².